The fraction of sp³-hybridized carbons (Fsp3) is 0.533. The Morgan fingerprint density at radius 2 is 2.16 bits per heavy atom. The maximum atomic E-state index is 13.7. The van der Waals surface area contributed by atoms with E-state index < -0.39 is 0 Å². The number of aromatic nitrogens is 2. The predicted molar refractivity (Wildman–Crippen MR) is 76.8 cm³/mol. The van der Waals surface area contributed by atoms with E-state index in [-0.39, 0.29) is 5.82 Å². The van der Waals surface area contributed by atoms with Gasteiger partial charge in [-0.25, -0.2) is 9.37 Å². The lowest BCUT2D eigenvalue weighted by atomic mass is 10.2. The fourth-order valence-corrected chi connectivity index (χ4v) is 2.34. The first-order valence-electron chi connectivity index (χ1n) is 7.00. The molecule has 4 heteroatoms. The van der Waals surface area contributed by atoms with Gasteiger partial charge in [-0.3, -0.25) is 0 Å². The Hall–Kier alpha value is -1.42. The summed E-state index contributed by atoms with van der Waals surface area (Å²) >= 11 is 0. The van der Waals surface area contributed by atoms with E-state index in [9.17, 15) is 4.39 Å². The smallest absolute Gasteiger partial charge is 0.151 e. The molecule has 2 rings (SSSR count). The number of para-hydroxylation sites is 1. The average molecular weight is 263 g/mol. The summed E-state index contributed by atoms with van der Waals surface area (Å²) in [6.07, 6.45) is 1.89. The SMILES string of the molecule is CCn1c(CCCNC(C)C)nc2c(F)cccc21. The normalized spacial score (nSPS) is 11.6. The summed E-state index contributed by atoms with van der Waals surface area (Å²) in [5.74, 6) is 0.749. The molecule has 104 valence electrons. The number of benzene rings is 1. The zero-order valence-electron chi connectivity index (χ0n) is 11.9. The van der Waals surface area contributed by atoms with Crippen LogP contribution in [0.15, 0.2) is 18.2 Å². The molecule has 0 fully saturated rings. The minimum absolute atomic E-state index is 0.230. The van der Waals surface area contributed by atoms with Gasteiger partial charge in [-0.2, -0.15) is 0 Å². The zero-order valence-corrected chi connectivity index (χ0v) is 11.9. The molecule has 1 N–H and O–H groups in total. The largest absolute Gasteiger partial charge is 0.328 e. The molecule has 0 aliphatic heterocycles. The van der Waals surface area contributed by atoms with Crippen LogP contribution in [0, 0.1) is 5.82 Å². The van der Waals surface area contributed by atoms with Crippen molar-refractivity contribution < 1.29 is 4.39 Å². The first-order chi connectivity index (χ1) is 9.13. The van der Waals surface area contributed by atoms with Gasteiger partial charge >= 0.3 is 0 Å². The number of nitrogens with zero attached hydrogens (tertiary/aromatic N) is 2. The highest BCUT2D eigenvalue weighted by molar-refractivity contribution is 5.76. The topological polar surface area (TPSA) is 29.9 Å². The van der Waals surface area contributed by atoms with Crippen LogP contribution in [0.4, 0.5) is 4.39 Å². The molecule has 0 saturated carbocycles. The molecule has 0 unspecified atom stereocenters. The molecule has 19 heavy (non-hydrogen) atoms. The van der Waals surface area contributed by atoms with Crippen LogP contribution in [-0.4, -0.2) is 22.1 Å². The van der Waals surface area contributed by atoms with Crippen LogP contribution >= 0.6 is 0 Å². The number of aryl methyl sites for hydroxylation is 2. The highest BCUT2D eigenvalue weighted by Crippen LogP contribution is 2.19. The van der Waals surface area contributed by atoms with Gasteiger partial charge in [0.1, 0.15) is 11.3 Å². The third-order valence-electron chi connectivity index (χ3n) is 3.25. The molecule has 0 aliphatic rings. The van der Waals surface area contributed by atoms with E-state index in [0.717, 1.165) is 37.3 Å². The van der Waals surface area contributed by atoms with E-state index in [0.29, 0.717) is 11.6 Å². The van der Waals surface area contributed by atoms with Crippen LogP contribution in [0.25, 0.3) is 11.0 Å². The summed E-state index contributed by atoms with van der Waals surface area (Å²) < 4.78 is 15.8. The number of rotatable bonds is 6. The van der Waals surface area contributed by atoms with Crippen molar-refractivity contribution in [3.63, 3.8) is 0 Å². The van der Waals surface area contributed by atoms with Crippen molar-refractivity contribution in [1.29, 1.82) is 0 Å². The van der Waals surface area contributed by atoms with Gasteiger partial charge < -0.3 is 9.88 Å². The molecular weight excluding hydrogens is 241 g/mol. The second-order valence-electron chi connectivity index (χ2n) is 5.09. The Kier molecular flexibility index (Phi) is 4.53. The second kappa shape index (κ2) is 6.15. The Balaban J connectivity index is 2.16. The van der Waals surface area contributed by atoms with E-state index in [1.54, 1.807) is 6.07 Å². The quantitative estimate of drug-likeness (QED) is 0.811. The van der Waals surface area contributed by atoms with Crippen molar-refractivity contribution in [1.82, 2.24) is 14.9 Å². The van der Waals surface area contributed by atoms with Crippen molar-refractivity contribution >= 4 is 11.0 Å². The lowest BCUT2D eigenvalue weighted by molar-refractivity contribution is 0.560. The summed E-state index contributed by atoms with van der Waals surface area (Å²) in [6, 6.07) is 5.65. The van der Waals surface area contributed by atoms with Crippen LogP contribution in [0.1, 0.15) is 33.0 Å². The molecule has 1 aromatic carbocycles. The maximum absolute atomic E-state index is 13.7. The minimum Gasteiger partial charge on any atom is -0.328 e. The molecule has 0 atom stereocenters. The molecule has 0 radical (unpaired) electrons. The summed E-state index contributed by atoms with van der Waals surface area (Å²) in [5.41, 5.74) is 1.39. The summed E-state index contributed by atoms with van der Waals surface area (Å²) in [5, 5.41) is 3.39. The first kappa shape index (κ1) is 14.0. The van der Waals surface area contributed by atoms with Gasteiger partial charge in [0.2, 0.25) is 0 Å². The number of halogens is 1. The van der Waals surface area contributed by atoms with E-state index in [2.05, 4.69) is 35.6 Å². The number of nitrogens with one attached hydrogen (secondary N) is 1. The van der Waals surface area contributed by atoms with Crippen LogP contribution in [0.5, 0.6) is 0 Å². The number of fused-ring (bicyclic) bond motifs is 1. The average Bonchev–Trinajstić information content (AvgIpc) is 2.73. The van der Waals surface area contributed by atoms with Crippen molar-refractivity contribution in [3.05, 3.63) is 29.8 Å². The highest BCUT2D eigenvalue weighted by atomic mass is 19.1. The third-order valence-corrected chi connectivity index (χ3v) is 3.25. The maximum Gasteiger partial charge on any atom is 0.151 e. The third kappa shape index (κ3) is 3.13. The van der Waals surface area contributed by atoms with Gasteiger partial charge in [-0.1, -0.05) is 19.9 Å². The molecule has 1 heterocycles. The minimum atomic E-state index is -0.230. The van der Waals surface area contributed by atoms with Gasteiger partial charge in [0, 0.05) is 19.0 Å². The van der Waals surface area contributed by atoms with Gasteiger partial charge in [-0.15, -0.1) is 0 Å². The molecule has 0 aliphatic carbocycles. The number of hydrogen-bond donors (Lipinski definition) is 1. The van der Waals surface area contributed by atoms with Crippen molar-refractivity contribution in [2.24, 2.45) is 0 Å². The van der Waals surface area contributed by atoms with Gasteiger partial charge in [0.15, 0.2) is 5.82 Å². The Bertz CT molecular complexity index is 546. The molecule has 0 amide bonds. The van der Waals surface area contributed by atoms with Crippen molar-refractivity contribution in [3.8, 4) is 0 Å². The summed E-state index contributed by atoms with van der Waals surface area (Å²) in [7, 11) is 0. The predicted octanol–water partition coefficient (Wildman–Crippen LogP) is 3.13. The number of imidazole rings is 1. The molecule has 0 saturated heterocycles. The lowest BCUT2D eigenvalue weighted by Crippen LogP contribution is -2.24. The zero-order chi connectivity index (χ0) is 13.8. The molecule has 0 bridgehead atoms. The molecule has 0 spiro atoms. The lowest BCUT2D eigenvalue weighted by Gasteiger charge is -2.08. The number of hydrogen-bond acceptors (Lipinski definition) is 2. The van der Waals surface area contributed by atoms with Gasteiger partial charge in [0.25, 0.3) is 0 Å². The van der Waals surface area contributed by atoms with Crippen LogP contribution in [-0.2, 0) is 13.0 Å². The van der Waals surface area contributed by atoms with Crippen molar-refractivity contribution in [2.45, 2.75) is 46.2 Å². The molecular formula is C15H22FN3. The summed E-state index contributed by atoms with van der Waals surface area (Å²) in [6.45, 7) is 8.13. The van der Waals surface area contributed by atoms with Crippen LogP contribution in [0.2, 0.25) is 0 Å². The fourth-order valence-electron chi connectivity index (χ4n) is 2.34. The van der Waals surface area contributed by atoms with Gasteiger partial charge in [0.05, 0.1) is 5.52 Å². The Morgan fingerprint density at radius 3 is 2.84 bits per heavy atom. The monoisotopic (exact) mass is 263 g/mol. The first-order valence-corrected chi connectivity index (χ1v) is 7.00. The molecule has 1 aromatic heterocycles. The highest BCUT2D eigenvalue weighted by Gasteiger charge is 2.12. The van der Waals surface area contributed by atoms with E-state index in [1.807, 2.05) is 6.07 Å². The van der Waals surface area contributed by atoms with E-state index >= 15 is 0 Å². The van der Waals surface area contributed by atoms with Crippen LogP contribution < -0.4 is 5.32 Å². The van der Waals surface area contributed by atoms with E-state index in [1.165, 1.54) is 6.07 Å². The summed E-state index contributed by atoms with van der Waals surface area (Å²) in [4.78, 5) is 4.46. The Labute approximate surface area is 113 Å². The molecule has 2 aromatic rings. The van der Waals surface area contributed by atoms with Crippen molar-refractivity contribution in [2.75, 3.05) is 6.54 Å². The Morgan fingerprint density at radius 1 is 1.37 bits per heavy atom. The van der Waals surface area contributed by atoms with Gasteiger partial charge in [-0.05, 0) is 32.0 Å². The van der Waals surface area contributed by atoms with E-state index in [4.69, 9.17) is 0 Å². The second-order valence-corrected chi connectivity index (χ2v) is 5.09. The standard InChI is InChI=1S/C15H22FN3/c1-4-19-13-8-5-7-12(16)15(13)18-14(19)9-6-10-17-11(2)3/h5,7-8,11,17H,4,6,9-10H2,1-3H3. The molecule has 3 nitrogen and oxygen atoms in total. The van der Waals surface area contributed by atoms with Crippen LogP contribution in [0.3, 0.4) is 0 Å².